The highest BCUT2D eigenvalue weighted by atomic mass is 16.3. The van der Waals surface area contributed by atoms with Gasteiger partial charge >= 0.3 is 0 Å². The van der Waals surface area contributed by atoms with Gasteiger partial charge in [0.05, 0.1) is 17.5 Å². The van der Waals surface area contributed by atoms with Crippen molar-refractivity contribution in [3.63, 3.8) is 0 Å². The Bertz CT molecular complexity index is 405. The summed E-state index contributed by atoms with van der Waals surface area (Å²) in [7, 11) is 0. The number of carbonyl (C=O) groups is 1. The molecule has 0 aromatic heterocycles. The molecule has 1 amide bonds. The second-order valence-corrected chi connectivity index (χ2v) is 4.23. The molecule has 1 atom stereocenters. The molecule has 0 aliphatic carbocycles. The number of nitrogens with two attached hydrogens (primary N) is 1. The molecule has 100 valence electrons. The highest BCUT2D eigenvalue weighted by molar-refractivity contribution is 5.96. The molecule has 0 bridgehead atoms. The van der Waals surface area contributed by atoms with Crippen LogP contribution in [0.25, 0.3) is 0 Å². The minimum atomic E-state index is -0.340. The number of carbonyl (C=O) groups excluding carboxylic acids is 1. The first-order chi connectivity index (χ1) is 8.54. The van der Waals surface area contributed by atoms with Gasteiger partial charge in [-0.3, -0.25) is 4.79 Å². The first-order valence-corrected chi connectivity index (χ1v) is 6.14. The van der Waals surface area contributed by atoms with Gasteiger partial charge in [0.2, 0.25) is 0 Å². The lowest BCUT2D eigenvalue weighted by molar-refractivity contribution is 0.0956. The summed E-state index contributed by atoms with van der Waals surface area (Å²) < 4.78 is 0. The second-order valence-electron chi connectivity index (χ2n) is 4.23. The van der Waals surface area contributed by atoms with E-state index < -0.39 is 0 Å². The van der Waals surface area contributed by atoms with Crippen molar-refractivity contribution in [2.75, 3.05) is 24.1 Å². The fourth-order valence-corrected chi connectivity index (χ4v) is 1.54. The van der Waals surface area contributed by atoms with Crippen LogP contribution in [-0.2, 0) is 0 Å². The highest BCUT2D eigenvalue weighted by Gasteiger charge is 2.07. The number of aliphatic hydroxyl groups is 1. The third-order valence-electron chi connectivity index (χ3n) is 2.53. The number of anilines is 2. The summed E-state index contributed by atoms with van der Waals surface area (Å²) in [5.74, 6) is -0.125. The summed E-state index contributed by atoms with van der Waals surface area (Å²) >= 11 is 0. The lowest BCUT2D eigenvalue weighted by atomic mass is 10.1. The molecule has 1 aromatic rings. The first kappa shape index (κ1) is 14.3. The van der Waals surface area contributed by atoms with Gasteiger partial charge in [0, 0.05) is 18.7 Å². The third kappa shape index (κ3) is 4.25. The molecule has 5 nitrogen and oxygen atoms in total. The second kappa shape index (κ2) is 6.86. The maximum absolute atomic E-state index is 11.6. The van der Waals surface area contributed by atoms with Crippen molar-refractivity contribution >= 4 is 17.3 Å². The number of benzene rings is 1. The van der Waals surface area contributed by atoms with E-state index in [4.69, 9.17) is 10.8 Å². The summed E-state index contributed by atoms with van der Waals surface area (Å²) in [4.78, 5) is 11.6. The van der Waals surface area contributed by atoms with Crippen molar-refractivity contribution < 1.29 is 9.90 Å². The van der Waals surface area contributed by atoms with E-state index in [9.17, 15) is 4.79 Å². The monoisotopic (exact) mass is 251 g/mol. The summed E-state index contributed by atoms with van der Waals surface area (Å²) in [5.41, 5.74) is 7.73. The quantitative estimate of drug-likeness (QED) is 0.572. The minimum Gasteiger partial charge on any atom is -0.397 e. The van der Waals surface area contributed by atoms with E-state index in [1.54, 1.807) is 25.1 Å². The van der Waals surface area contributed by atoms with Gasteiger partial charge in [-0.15, -0.1) is 0 Å². The van der Waals surface area contributed by atoms with Crippen LogP contribution < -0.4 is 16.4 Å². The normalized spacial score (nSPS) is 11.9. The molecule has 0 radical (unpaired) electrons. The molecule has 0 fully saturated rings. The van der Waals surface area contributed by atoms with Gasteiger partial charge in [-0.1, -0.05) is 0 Å². The Morgan fingerprint density at radius 2 is 2.22 bits per heavy atom. The molecule has 5 heteroatoms. The van der Waals surface area contributed by atoms with E-state index in [2.05, 4.69) is 10.6 Å². The zero-order chi connectivity index (χ0) is 13.5. The number of hydrogen-bond donors (Lipinski definition) is 4. The van der Waals surface area contributed by atoms with E-state index in [1.165, 1.54) is 0 Å². The molecular formula is C13H21N3O2. The molecule has 5 N–H and O–H groups in total. The van der Waals surface area contributed by atoms with Gasteiger partial charge in [-0.05, 0) is 38.5 Å². The van der Waals surface area contributed by atoms with E-state index >= 15 is 0 Å². The molecule has 0 saturated heterocycles. The van der Waals surface area contributed by atoms with Crippen LogP contribution in [-0.4, -0.2) is 30.2 Å². The highest BCUT2D eigenvalue weighted by Crippen LogP contribution is 2.19. The average Bonchev–Trinajstić information content (AvgIpc) is 2.31. The van der Waals surface area contributed by atoms with Crippen LogP contribution >= 0.6 is 0 Å². The molecule has 0 spiro atoms. The Morgan fingerprint density at radius 3 is 2.78 bits per heavy atom. The van der Waals surface area contributed by atoms with Gasteiger partial charge in [-0.25, -0.2) is 0 Å². The Hall–Kier alpha value is -1.75. The number of rotatable bonds is 6. The SMILES string of the molecule is CCNC(=O)c1ccc(NCCC(C)O)c(N)c1. The number of nitrogen functional groups attached to an aromatic ring is 1. The van der Waals surface area contributed by atoms with Gasteiger partial charge < -0.3 is 21.5 Å². The zero-order valence-corrected chi connectivity index (χ0v) is 10.9. The fraction of sp³-hybridized carbons (Fsp3) is 0.462. The van der Waals surface area contributed by atoms with E-state index in [1.807, 2.05) is 6.92 Å². The van der Waals surface area contributed by atoms with Crippen LogP contribution in [0.15, 0.2) is 18.2 Å². The number of nitrogens with one attached hydrogen (secondary N) is 2. The molecule has 18 heavy (non-hydrogen) atoms. The Balaban J connectivity index is 2.65. The van der Waals surface area contributed by atoms with Crippen LogP contribution in [0.3, 0.4) is 0 Å². The lowest BCUT2D eigenvalue weighted by Crippen LogP contribution is -2.22. The van der Waals surface area contributed by atoms with Crippen molar-refractivity contribution in [3.05, 3.63) is 23.8 Å². The zero-order valence-electron chi connectivity index (χ0n) is 10.9. The van der Waals surface area contributed by atoms with Gasteiger partial charge in [0.15, 0.2) is 0 Å². The van der Waals surface area contributed by atoms with Crippen molar-refractivity contribution in [1.29, 1.82) is 0 Å². The van der Waals surface area contributed by atoms with Crippen molar-refractivity contribution in [2.45, 2.75) is 26.4 Å². The van der Waals surface area contributed by atoms with Crippen LogP contribution in [0, 0.1) is 0 Å². The Kier molecular flexibility index (Phi) is 5.45. The van der Waals surface area contributed by atoms with Gasteiger partial charge in [-0.2, -0.15) is 0 Å². The molecule has 1 aromatic carbocycles. The topological polar surface area (TPSA) is 87.4 Å². The predicted octanol–water partition coefficient (Wildman–Crippen LogP) is 1.20. The van der Waals surface area contributed by atoms with Crippen molar-refractivity contribution in [2.24, 2.45) is 0 Å². The largest absolute Gasteiger partial charge is 0.397 e. The van der Waals surface area contributed by atoms with Gasteiger partial charge in [0.25, 0.3) is 5.91 Å². The van der Waals surface area contributed by atoms with Crippen molar-refractivity contribution in [3.8, 4) is 0 Å². The van der Waals surface area contributed by atoms with Crippen LogP contribution in [0.2, 0.25) is 0 Å². The van der Waals surface area contributed by atoms with Gasteiger partial charge in [0.1, 0.15) is 0 Å². The van der Waals surface area contributed by atoms with E-state index in [0.29, 0.717) is 30.8 Å². The number of hydrogen-bond acceptors (Lipinski definition) is 4. The fourth-order valence-electron chi connectivity index (χ4n) is 1.54. The standard InChI is InChI=1S/C13H21N3O2/c1-3-15-13(18)10-4-5-12(11(14)8-10)16-7-6-9(2)17/h4-5,8-9,16-17H,3,6-7,14H2,1-2H3,(H,15,18). The smallest absolute Gasteiger partial charge is 0.251 e. The van der Waals surface area contributed by atoms with E-state index in [-0.39, 0.29) is 12.0 Å². The summed E-state index contributed by atoms with van der Waals surface area (Å²) in [6.45, 7) is 4.84. The molecule has 1 rings (SSSR count). The number of aliphatic hydroxyl groups excluding tert-OH is 1. The summed E-state index contributed by atoms with van der Waals surface area (Å²) in [5, 5.41) is 15.0. The number of amides is 1. The first-order valence-electron chi connectivity index (χ1n) is 6.14. The summed E-state index contributed by atoms with van der Waals surface area (Å²) in [6.07, 6.45) is 0.311. The molecular weight excluding hydrogens is 230 g/mol. The van der Waals surface area contributed by atoms with E-state index in [0.717, 1.165) is 5.69 Å². The molecule has 0 aliphatic rings. The molecule has 1 unspecified atom stereocenters. The summed E-state index contributed by atoms with van der Waals surface area (Å²) in [6, 6.07) is 5.16. The van der Waals surface area contributed by atoms with Crippen LogP contribution in [0.4, 0.5) is 11.4 Å². The maximum atomic E-state index is 11.6. The maximum Gasteiger partial charge on any atom is 0.251 e. The average molecular weight is 251 g/mol. The Morgan fingerprint density at radius 1 is 1.50 bits per heavy atom. The van der Waals surface area contributed by atoms with Crippen LogP contribution in [0.1, 0.15) is 30.6 Å². The van der Waals surface area contributed by atoms with Crippen LogP contribution in [0.5, 0.6) is 0 Å². The minimum absolute atomic E-state index is 0.125. The predicted molar refractivity (Wildman–Crippen MR) is 73.6 cm³/mol. The molecule has 0 saturated carbocycles. The third-order valence-corrected chi connectivity index (χ3v) is 2.53. The molecule has 0 aliphatic heterocycles. The molecule has 0 heterocycles. The lowest BCUT2D eigenvalue weighted by Gasteiger charge is -2.11. The van der Waals surface area contributed by atoms with Crippen molar-refractivity contribution in [1.82, 2.24) is 5.32 Å². The Labute approximate surface area is 107 Å².